The first-order chi connectivity index (χ1) is 30.3. The van der Waals surface area contributed by atoms with E-state index in [0.29, 0.717) is 33.8 Å². The monoisotopic (exact) mass is 810 g/mol. The summed E-state index contributed by atoms with van der Waals surface area (Å²) >= 11 is 0. The highest BCUT2D eigenvalue weighted by atomic mass is 16.6. The number of aryl methyl sites for hydroxylation is 2. The van der Waals surface area contributed by atoms with Crippen LogP contribution < -0.4 is 10.4 Å². The largest absolute Gasteiger partial charge is 0.505 e. The van der Waals surface area contributed by atoms with Crippen LogP contribution in [0, 0.1) is 13.8 Å². The van der Waals surface area contributed by atoms with E-state index in [-0.39, 0.29) is 18.1 Å². The van der Waals surface area contributed by atoms with Gasteiger partial charge in [-0.15, -0.1) is 5.11 Å². The van der Waals surface area contributed by atoms with Crippen LogP contribution in [-0.4, -0.2) is 17.9 Å². The lowest BCUT2D eigenvalue weighted by Gasteiger charge is -2.25. The standard InChI is InChI=1S/C53H42N6O3/c1-34-8-22-43(23-9-34)59(44-24-10-35(2)11-25-44)45-26-16-37(17-27-45)13-12-36-14-18-40(19-15-36)58-62-33-39-30-38-6-4-5-7-46(38)51(52(39)60)57-56-42-21-29-48-47-28-20-41(55-54-3)31-49(47)53(61)50(48)32-42/h4-32,58,60H,33H2,1-3H3/b13-12+,55-54?,57-56?. The first-order valence-corrected chi connectivity index (χ1v) is 20.3. The minimum atomic E-state index is -0.104. The molecule has 0 bridgehead atoms. The zero-order valence-corrected chi connectivity index (χ0v) is 34.5. The molecule has 0 radical (unpaired) electrons. The highest BCUT2D eigenvalue weighted by molar-refractivity contribution is 6.22. The Hall–Kier alpha value is -8.01. The van der Waals surface area contributed by atoms with Crippen LogP contribution in [0.25, 0.3) is 34.1 Å². The number of phenols is 1. The van der Waals surface area contributed by atoms with Gasteiger partial charge in [0, 0.05) is 46.2 Å². The number of carbonyl (C=O) groups is 1. The Morgan fingerprint density at radius 1 is 0.597 bits per heavy atom. The van der Waals surface area contributed by atoms with Gasteiger partial charge in [0.05, 0.1) is 17.1 Å². The minimum absolute atomic E-state index is 0.0389. The molecular weight excluding hydrogens is 769 g/mol. The number of rotatable bonds is 12. The smallest absolute Gasteiger partial charge is 0.194 e. The number of nitrogens with one attached hydrogen (secondary N) is 1. The van der Waals surface area contributed by atoms with Gasteiger partial charge in [-0.1, -0.05) is 108 Å². The molecule has 0 saturated heterocycles. The van der Waals surface area contributed by atoms with Gasteiger partial charge in [-0.25, -0.2) is 0 Å². The number of hydrogen-bond acceptors (Lipinski definition) is 9. The van der Waals surface area contributed by atoms with Crippen LogP contribution in [0.5, 0.6) is 5.75 Å². The second kappa shape index (κ2) is 17.3. The average Bonchev–Trinajstić information content (AvgIpc) is 3.57. The van der Waals surface area contributed by atoms with Crippen LogP contribution in [0.1, 0.15) is 43.7 Å². The van der Waals surface area contributed by atoms with Gasteiger partial charge in [0.25, 0.3) is 0 Å². The number of ketones is 1. The zero-order valence-electron chi connectivity index (χ0n) is 34.5. The molecule has 0 amide bonds. The Bertz CT molecular complexity index is 2980. The van der Waals surface area contributed by atoms with E-state index in [1.165, 1.54) is 11.1 Å². The second-order valence-electron chi connectivity index (χ2n) is 15.2. The fourth-order valence-corrected chi connectivity index (χ4v) is 7.61. The molecule has 9 nitrogen and oxygen atoms in total. The first kappa shape index (κ1) is 39.5. The molecule has 2 N–H and O–H groups in total. The first-order valence-electron chi connectivity index (χ1n) is 20.3. The molecule has 0 saturated carbocycles. The molecule has 9 rings (SSSR count). The van der Waals surface area contributed by atoms with Gasteiger partial charge in [0.15, 0.2) is 5.78 Å². The number of phenolic OH excluding ortho intramolecular Hbond substituents is 1. The SMILES string of the molecule is CN=Nc1ccc2c(c1)C(=O)c1cc(N=Nc3c(O)c(CONc4ccc(/C=C/c5ccc(N(c6ccc(C)cc6)c6ccc(C)cc6)cc5)cc4)cc4ccccc34)ccc1-2. The van der Waals surface area contributed by atoms with Crippen LogP contribution >= 0.6 is 0 Å². The number of carbonyl (C=O) groups excluding carboxylic acids is 1. The molecule has 0 fully saturated rings. The van der Waals surface area contributed by atoms with Crippen molar-refractivity contribution in [1.29, 1.82) is 0 Å². The van der Waals surface area contributed by atoms with Crippen LogP contribution in [0.2, 0.25) is 0 Å². The summed E-state index contributed by atoms with van der Waals surface area (Å²) in [4.78, 5) is 21.5. The number of benzene rings is 8. The van der Waals surface area contributed by atoms with Crippen molar-refractivity contribution in [1.82, 2.24) is 0 Å². The Morgan fingerprint density at radius 2 is 1.13 bits per heavy atom. The summed E-state index contributed by atoms with van der Waals surface area (Å²) in [5, 5.41) is 30.0. The maximum absolute atomic E-state index is 13.3. The van der Waals surface area contributed by atoms with Gasteiger partial charge in [-0.3, -0.25) is 15.1 Å². The summed E-state index contributed by atoms with van der Waals surface area (Å²) in [6.07, 6.45) is 4.18. The fraction of sp³-hybridized carbons (Fsp3) is 0.0755. The molecule has 1 aliphatic carbocycles. The van der Waals surface area contributed by atoms with Crippen molar-refractivity contribution in [2.75, 3.05) is 17.4 Å². The lowest BCUT2D eigenvalue weighted by Crippen LogP contribution is -2.09. The summed E-state index contributed by atoms with van der Waals surface area (Å²) in [6.45, 7) is 4.27. The highest BCUT2D eigenvalue weighted by Gasteiger charge is 2.27. The zero-order chi connectivity index (χ0) is 42.6. The molecule has 0 atom stereocenters. The van der Waals surface area contributed by atoms with Crippen LogP contribution in [0.15, 0.2) is 184 Å². The number of anilines is 4. The maximum Gasteiger partial charge on any atom is 0.194 e. The third kappa shape index (κ3) is 8.25. The normalized spacial score (nSPS) is 12.1. The third-order valence-electron chi connectivity index (χ3n) is 10.9. The molecule has 62 heavy (non-hydrogen) atoms. The number of hydrogen-bond donors (Lipinski definition) is 2. The molecule has 8 aromatic carbocycles. The maximum atomic E-state index is 13.3. The second-order valence-corrected chi connectivity index (χ2v) is 15.2. The van der Waals surface area contributed by atoms with E-state index in [2.05, 4.69) is 130 Å². The van der Waals surface area contributed by atoms with Gasteiger partial charge in [-0.2, -0.15) is 15.3 Å². The Morgan fingerprint density at radius 3 is 1.71 bits per heavy atom. The van der Waals surface area contributed by atoms with Crippen LogP contribution in [0.3, 0.4) is 0 Å². The van der Waals surface area contributed by atoms with E-state index < -0.39 is 0 Å². The summed E-state index contributed by atoms with van der Waals surface area (Å²) in [7, 11) is 1.59. The van der Waals surface area contributed by atoms with Gasteiger partial charge in [0.1, 0.15) is 18.0 Å². The molecule has 0 aromatic heterocycles. The molecule has 0 aliphatic heterocycles. The lowest BCUT2D eigenvalue weighted by molar-refractivity contribution is 0.104. The van der Waals surface area contributed by atoms with Crippen molar-refractivity contribution < 1.29 is 14.7 Å². The summed E-state index contributed by atoms with van der Waals surface area (Å²) < 4.78 is 0. The molecule has 9 heteroatoms. The van der Waals surface area contributed by atoms with Crippen LogP contribution in [0.4, 0.5) is 39.8 Å². The number of azo groups is 2. The highest BCUT2D eigenvalue weighted by Crippen LogP contribution is 2.43. The third-order valence-corrected chi connectivity index (χ3v) is 10.9. The predicted octanol–water partition coefficient (Wildman–Crippen LogP) is 14.7. The fourth-order valence-electron chi connectivity index (χ4n) is 7.61. The van der Waals surface area contributed by atoms with E-state index in [4.69, 9.17) is 4.84 Å². The molecule has 8 aromatic rings. The van der Waals surface area contributed by atoms with Gasteiger partial charge in [0.2, 0.25) is 0 Å². The minimum Gasteiger partial charge on any atom is -0.505 e. The summed E-state index contributed by atoms with van der Waals surface area (Å²) in [6, 6.07) is 54.1. The van der Waals surface area contributed by atoms with Gasteiger partial charge in [-0.05, 0) is 120 Å². The molecule has 1 aliphatic rings. The Kier molecular flexibility index (Phi) is 11.0. The van der Waals surface area contributed by atoms with Gasteiger partial charge >= 0.3 is 0 Å². The predicted molar refractivity (Wildman–Crippen MR) is 250 cm³/mol. The van der Waals surface area contributed by atoms with Crippen molar-refractivity contribution in [2.45, 2.75) is 20.5 Å². The molecule has 0 unspecified atom stereocenters. The van der Waals surface area contributed by atoms with Crippen molar-refractivity contribution >= 4 is 68.5 Å². The van der Waals surface area contributed by atoms with E-state index in [1.807, 2.05) is 78.9 Å². The van der Waals surface area contributed by atoms with E-state index in [0.717, 1.165) is 55.8 Å². The molecular formula is C53H42N6O3. The Balaban J connectivity index is 0.856. The van der Waals surface area contributed by atoms with Crippen molar-refractivity contribution in [2.24, 2.45) is 20.5 Å². The average molecular weight is 811 g/mol. The summed E-state index contributed by atoms with van der Waals surface area (Å²) in [5.41, 5.74) is 16.4. The summed E-state index contributed by atoms with van der Waals surface area (Å²) in [5.74, 6) is -0.142. The molecule has 0 heterocycles. The van der Waals surface area contributed by atoms with Crippen molar-refractivity contribution in [3.05, 3.63) is 203 Å². The van der Waals surface area contributed by atoms with Crippen molar-refractivity contribution in [3.63, 3.8) is 0 Å². The van der Waals surface area contributed by atoms with Crippen LogP contribution in [-0.2, 0) is 11.4 Å². The molecule has 0 spiro atoms. The number of nitrogens with zero attached hydrogens (tertiary/aromatic N) is 5. The van der Waals surface area contributed by atoms with E-state index >= 15 is 0 Å². The van der Waals surface area contributed by atoms with Gasteiger partial charge < -0.3 is 10.0 Å². The van der Waals surface area contributed by atoms with E-state index in [1.54, 1.807) is 19.2 Å². The number of fused-ring (bicyclic) bond motifs is 4. The topological polar surface area (TPSA) is 111 Å². The quantitative estimate of drug-likeness (QED) is 0.0725. The van der Waals surface area contributed by atoms with Crippen molar-refractivity contribution in [3.8, 4) is 16.9 Å². The lowest BCUT2D eigenvalue weighted by atomic mass is 10.0. The molecule has 302 valence electrons. The number of aromatic hydroxyl groups is 1. The Labute approximate surface area is 360 Å². The van der Waals surface area contributed by atoms with E-state index in [9.17, 15) is 9.90 Å².